The quantitative estimate of drug-likeness (QED) is 0.807. The largest absolute Gasteiger partial charge is 0.384 e. The van der Waals surface area contributed by atoms with Gasteiger partial charge >= 0.3 is 0 Å². The number of carbonyl (C=O) groups excluding carboxylic acids is 1. The Morgan fingerprint density at radius 1 is 1.38 bits per heavy atom. The van der Waals surface area contributed by atoms with Crippen molar-refractivity contribution in [1.82, 2.24) is 10.3 Å². The smallest absolute Gasteiger partial charge is 0.271 e. The number of hydrogen-bond donors (Lipinski definition) is 2. The van der Waals surface area contributed by atoms with E-state index in [1.807, 2.05) is 0 Å². The van der Waals surface area contributed by atoms with Crippen LogP contribution in [-0.2, 0) is 0 Å². The van der Waals surface area contributed by atoms with E-state index in [1.54, 1.807) is 18.3 Å². The molecular formula is C17H20N2O2. The predicted octanol–water partition coefficient (Wildman–Crippen LogP) is 1.59. The van der Waals surface area contributed by atoms with Gasteiger partial charge in [0.1, 0.15) is 12.3 Å². The molecule has 1 amide bonds. The van der Waals surface area contributed by atoms with Gasteiger partial charge in [0, 0.05) is 12.7 Å². The first kappa shape index (κ1) is 14.1. The third-order valence-corrected chi connectivity index (χ3v) is 4.28. The number of pyridine rings is 1. The van der Waals surface area contributed by atoms with E-state index < -0.39 is 0 Å². The van der Waals surface area contributed by atoms with Gasteiger partial charge in [-0.1, -0.05) is 11.8 Å². The van der Waals surface area contributed by atoms with Crippen LogP contribution in [0.2, 0.25) is 0 Å². The maximum Gasteiger partial charge on any atom is 0.271 e. The first-order chi connectivity index (χ1) is 10.3. The summed E-state index contributed by atoms with van der Waals surface area (Å²) in [6, 6.07) is 3.50. The maximum atomic E-state index is 12.3. The topological polar surface area (TPSA) is 62.2 Å². The van der Waals surface area contributed by atoms with Crippen molar-refractivity contribution >= 4 is 5.91 Å². The molecule has 4 heteroatoms. The van der Waals surface area contributed by atoms with Crippen molar-refractivity contribution < 1.29 is 9.90 Å². The van der Waals surface area contributed by atoms with Crippen molar-refractivity contribution in [3.63, 3.8) is 0 Å². The Morgan fingerprint density at radius 2 is 2.10 bits per heavy atom. The molecule has 2 fully saturated rings. The highest BCUT2D eigenvalue weighted by Gasteiger charge is 2.41. The standard InChI is InChI=1S/C17H20N2O2/c20-10-2-4-14-3-1-9-18-16(14)17(21)19-11-15(12-5-6-12)13-7-8-13/h1,3,9,12-13,15,20H,5-8,10-11H2,(H,19,21). The normalized spacial score (nSPS) is 17.2. The van der Waals surface area contributed by atoms with Gasteiger partial charge in [-0.25, -0.2) is 4.98 Å². The van der Waals surface area contributed by atoms with Crippen molar-refractivity contribution in [3.8, 4) is 11.8 Å². The molecule has 2 N–H and O–H groups in total. The minimum Gasteiger partial charge on any atom is -0.384 e. The molecule has 0 aromatic carbocycles. The van der Waals surface area contributed by atoms with E-state index in [-0.39, 0.29) is 12.5 Å². The minimum absolute atomic E-state index is 0.163. The van der Waals surface area contributed by atoms with Crippen molar-refractivity contribution in [1.29, 1.82) is 0 Å². The average molecular weight is 284 g/mol. The van der Waals surface area contributed by atoms with Gasteiger partial charge in [-0.15, -0.1) is 0 Å². The molecular weight excluding hydrogens is 264 g/mol. The van der Waals surface area contributed by atoms with Crippen LogP contribution in [0.3, 0.4) is 0 Å². The number of nitrogens with zero attached hydrogens (tertiary/aromatic N) is 1. The summed E-state index contributed by atoms with van der Waals surface area (Å²) in [6.07, 6.45) is 6.85. The van der Waals surface area contributed by atoms with E-state index in [1.165, 1.54) is 25.7 Å². The summed E-state index contributed by atoms with van der Waals surface area (Å²) >= 11 is 0. The van der Waals surface area contributed by atoms with Gasteiger partial charge in [0.2, 0.25) is 0 Å². The van der Waals surface area contributed by atoms with Crippen LogP contribution in [0.5, 0.6) is 0 Å². The fraction of sp³-hybridized carbons (Fsp3) is 0.529. The molecule has 21 heavy (non-hydrogen) atoms. The van der Waals surface area contributed by atoms with Crippen LogP contribution in [0.25, 0.3) is 0 Å². The molecule has 4 nitrogen and oxygen atoms in total. The molecule has 3 rings (SSSR count). The highest BCUT2D eigenvalue weighted by atomic mass is 16.2. The highest BCUT2D eigenvalue weighted by Crippen LogP contribution is 2.48. The molecule has 2 aliphatic carbocycles. The van der Waals surface area contributed by atoms with Gasteiger partial charge in [0.05, 0.1) is 5.56 Å². The molecule has 2 saturated carbocycles. The molecule has 1 heterocycles. The molecule has 0 spiro atoms. The fourth-order valence-electron chi connectivity index (χ4n) is 2.88. The summed E-state index contributed by atoms with van der Waals surface area (Å²) in [5.41, 5.74) is 0.919. The van der Waals surface area contributed by atoms with E-state index in [9.17, 15) is 4.79 Å². The predicted molar refractivity (Wildman–Crippen MR) is 79.5 cm³/mol. The van der Waals surface area contributed by atoms with Gasteiger partial charge in [0.15, 0.2) is 0 Å². The van der Waals surface area contributed by atoms with Gasteiger partial charge in [-0.05, 0) is 55.6 Å². The summed E-state index contributed by atoms with van der Waals surface area (Å²) in [6.45, 7) is 0.527. The third kappa shape index (κ3) is 3.62. The Bertz CT molecular complexity index is 568. The summed E-state index contributed by atoms with van der Waals surface area (Å²) < 4.78 is 0. The lowest BCUT2D eigenvalue weighted by atomic mass is 9.98. The molecule has 0 bridgehead atoms. The number of aliphatic hydroxyl groups is 1. The summed E-state index contributed by atoms with van der Waals surface area (Å²) in [5, 5.41) is 11.8. The van der Waals surface area contributed by atoms with Gasteiger partial charge in [-0.3, -0.25) is 4.79 Å². The lowest BCUT2D eigenvalue weighted by Crippen LogP contribution is -2.32. The monoisotopic (exact) mass is 284 g/mol. The number of aromatic nitrogens is 1. The molecule has 0 aliphatic heterocycles. The number of carbonyl (C=O) groups is 1. The number of hydrogen-bond acceptors (Lipinski definition) is 3. The lowest BCUT2D eigenvalue weighted by Gasteiger charge is -2.16. The van der Waals surface area contributed by atoms with Crippen LogP contribution in [0.1, 0.15) is 41.7 Å². The number of rotatable bonds is 5. The van der Waals surface area contributed by atoms with Crippen molar-refractivity contribution in [2.24, 2.45) is 17.8 Å². The van der Waals surface area contributed by atoms with Crippen LogP contribution >= 0.6 is 0 Å². The fourth-order valence-corrected chi connectivity index (χ4v) is 2.88. The van der Waals surface area contributed by atoms with E-state index in [2.05, 4.69) is 22.1 Å². The second-order valence-corrected chi connectivity index (χ2v) is 5.91. The lowest BCUT2D eigenvalue weighted by molar-refractivity contribution is 0.0938. The Kier molecular flexibility index (Phi) is 4.21. The Balaban J connectivity index is 1.64. The zero-order chi connectivity index (χ0) is 14.7. The number of amides is 1. The average Bonchev–Trinajstić information content (AvgIpc) is 3.38. The zero-order valence-corrected chi connectivity index (χ0v) is 12.0. The first-order valence-electron chi connectivity index (χ1n) is 7.62. The van der Waals surface area contributed by atoms with Crippen LogP contribution in [0.15, 0.2) is 18.3 Å². The van der Waals surface area contributed by atoms with Gasteiger partial charge in [0.25, 0.3) is 5.91 Å². The SMILES string of the molecule is O=C(NCC(C1CC1)C1CC1)c1ncccc1C#CCO. The number of aliphatic hydroxyl groups excluding tert-OH is 1. The second-order valence-electron chi connectivity index (χ2n) is 5.91. The Morgan fingerprint density at radius 3 is 2.71 bits per heavy atom. The molecule has 0 saturated heterocycles. The highest BCUT2D eigenvalue weighted by molar-refractivity contribution is 5.94. The van der Waals surface area contributed by atoms with Crippen LogP contribution in [0, 0.1) is 29.6 Å². The summed E-state index contributed by atoms with van der Waals surface area (Å²) in [7, 11) is 0. The van der Waals surface area contributed by atoms with Crippen molar-refractivity contribution in [2.75, 3.05) is 13.2 Å². The molecule has 110 valence electrons. The van der Waals surface area contributed by atoms with Crippen molar-refractivity contribution in [2.45, 2.75) is 25.7 Å². The third-order valence-electron chi connectivity index (χ3n) is 4.28. The first-order valence-corrected chi connectivity index (χ1v) is 7.62. The van der Waals surface area contributed by atoms with E-state index in [4.69, 9.17) is 5.11 Å². The zero-order valence-electron chi connectivity index (χ0n) is 12.0. The van der Waals surface area contributed by atoms with E-state index >= 15 is 0 Å². The van der Waals surface area contributed by atoms with Crippen molar-refractivity contribution in [3.05, 3.63) is 29.6 Å². The van der Waals surface area contributed by atoms with Crippen LogP contribution < -0.4 is 5.32 Å². The molecule has 2 aliphatic rings. The van der Waals surface area contributed by atoms with E-state index in [0.29, 0.717) is 17.2 Å². The van der Waals surface area contributed by atoms with Crippen LogP contribution in [-0.4, -0.2) is 29.1 Å². The summed E-state index contributed by atoms with van der Waals surface area (Å²) in [4.78, 5) is 16.4. The maximum absolute atomic E-state index is 12.3. The molecule has 0 atom stereocenters. The molecule has 0 radical (unpaired) electrons. The summed E-state index contributed by atoms with van der Waals surface area (Å²) in [5.74, 6) is 7.46. The second kappa shape index (κ2) is 6.28. The van der Waals surface area contributed by atoms with Crippen LogP contribution in [0.4, 0.5) is 0 Å². The Hall–Kier alpha value is -1.86. The molecule has 1 aromatic rings. The van der Waals surface area contributed by atoms with E-state index in [0.717, 1.165) is 18.4 Å². The van der Waals surface area contributed by atoms with Gasteiger partial charge in [-0.2, -0.15) is 0 Å². The van der Waals surface area contributed by atoms with Gasteiger partial charge < -0.3 is 10.4 Å². The number of nitrogens with one attached hydrogen (secondary N) is 1. The minimum atomic E-state index is -0.221. The molecule has 1 aromatic heterocycles. The molecule has 0 unspecified atom stereocenters. The Labute approximate surface area is 125 Å².